The van der Waals surface area contributed by atoms with E-state index < -0.39 is 5.60 Å². The van der Waals surface area contributed by atoms with Crippen LogP contribution in [0, 0.1) is 5.92 Å². The van der Waals surface area contributed by atoms with Gasteiger partial charge in [0.25, 0.3) is 0 Å². The van der Waals surface area contributed by atoms with Gasteiger partial charge in [-0.05, 0) is 58.6 Å². The molecule has 4 heteroatoms. The van der Waals surface area contributed by atoms with Crippen molar-refractivity contribution < 1.29 is 9.53 Å². The number of nitrogens with zero attached hydrogens (tertiary/aromatic N) is 1. The number of hydrogen-bond donors (Lipinski definition) is 1. The molecule has 2 unspecified atom stereocenters. The molecule has 1 aliphatic heterocycles. The minimum absolute atomic E-state index is 0.175. The standard InChI is InChI=1S/C19H30N2O2/c1-15(17-8-6-5-7-9-17)20-12-10-16-11-13-21(14-16)18(22)23-19(2,3)4/h5-9,15-16,20H,10-14H2,1-4H3. The fraction of sp³-hybridized carbons (Fsp3) is 0.632. The number of hydrogen-bond acceptors (Lipinski definition) is 3. The molecule has 23 heavy (non-hydrogen) atoms. The molecule has 1 heterocycles. The molecule has 0 bridgehead atoms. The van der Waals surface area contributed by atoms with Gasteiger partial charge in [-0.25, -0.2) is 4.79 Å². The number of nitrogens with one attached hydrogen (secondary N) is 1. The fourth-order valence-electron chi connectivity index (χ4n) is 2.92. The molecule has 1 N–H and O–H groups in total. The van der Waals surface area contributed by atoms with Gasteiger partial charge in [-0.1, -0.05) is 30.3 Å². The van der Waals surface area contributed by atoms with Gasteiger partial charge in [0.2, 0.25) is 0 Å². The molecule has 4 nitrogen and oxygen atoms in total. The molecule has 1 saturated heterocycles. The summed E-state index contributed by atoms with van der Waals surface area (Å²) in [6.07, 6.45) is 1.99. The van der Waals surface area contributed by atoms with Gasteiger partial charge in [-0.3, -0.25) is 0 Å². The lowest BCUT2D eigenvalue weighted by Gasteiger charge is -2.24. The summed E-state index contributed by atoms with van der Waals surface area (Å²) in [4.78, 5) is 13.9. The van der Waals surface area contributed by atoms with E-state index in [1.807, 2.05) is 31.7 Å². The maximum atomic E-state index is 12.1. The predicted molar refractivity (Wildman–Crippen MR) is 93.4 cm³/mol. The van der Waals surface area contributed by atoms with Gasteiger partial charge in [0.05, 0.1) is 0 Å². The lowest BCUT2D eigenvalue weighted by molar-refractivity contribution is 0.0287. The molecule has 0 aromatic heterocycles. The molecule has 0 aliphatic carbocycles. The third-order valence-corrected chi connectivity index (χ3v) is 4.24. The summed E-state index contributed by atoms with van der Waals surface area (Å²) in [5.41, 5.74) is 0.899. The monoisotopic (exact) mass is 318 g/mol. The number of benzene rings is 1. The molecule has 1 amide bonds. The van der Waals surface area contributed by atoms with Crippen LogP contribution in [0.5, 0.6) is 0 Å². The van der Waals surface area contributed by atoms with E-state index in [1.54, 1.807) is 0 Å². The SMILES string of the molecule is CC(NCCC1CCN(C(=O)OC(C)(C)C)C1)c1ccccc1. The first-order valence-electron chi connectivity index (χ1n) is 8.61. The van der Waals surface area contributed by atoms with Gasteiger partial charge < -0.3 is 15.0 Å². The summed E-state index contributed by atoms with van der Waals surface area (Å²) in [5.74, 6) is 0.568. The van der Waals surface area contributed by atoms with E-state index in [4.69, 9.17) is 4.74 Å². The Kier molecular flexibility index (Phi) is 6.05. The van der Waals surface area contributed by atoms with Crippen molar-refractivity contribution in [2.75, 3.05) is 19.6 Å². The van der Waals surface area contributed by atoms with Crippen LogP contribution in [0.15, 0.2) is 30.3 Å². The van der Waals surface area contributed by atoms with Crippen molar-refractivity contribution in [1.82, 2.24) is 10.2 Å². The van der Waals surface area contributed by atoms with Crippen molar-refractivity contribution in [3.8, 4) is 0 Å². The molecule has 1 aromatic rings. The average molecular weight is 318 g/mol. The zero-order chi connectivity index (χ0) is 16.9. The highest BCUT2D eigenvalue weighted by Crippen LogP contribution is 2.22. The number of ether oxygens (including phenoxy) is 1. The highest BCUT2D eigenvalue weighted by atomic mass is 16.6. The third kappa shape index (κ3) is 5.87. The van der Waals surface area contributed by atoms with Crippen LogP contribution < -0.4 is 5.32 Å². The lowest BCUT2D eigenvalue weighted by Crippen LogP contribution is -2.35. The third-order valence-electron chi connectivity index (χ3n) is 4.24. The van der Waals surface area contributed by atoms with Crippen molar-refractivity contribution in [3.05, 3.63) is 35.9 Å². The van der Waals surface area contributed by atoms with Crippen LogP contribution in [0.1, 0.15) is 52.1 Å². The van der Waals surface area contributed by atoms with E-state index in [2.05, 4.69) is 36.5 Å². The first kappa shape index (κ1) is 17.8. The van der Waals surface area contributed by atoms with Crippen molar-refractivity contribution in [2.24, 2.45) is 5.92 Å². The zero-order valence-corrected chi connectivity index (χ0v) is 14.8. The maximum Gasteiger partial charge on any atom is 0.410 e. The van der Waals surface area contributed by atoms with Gasteiger partial charge in [0.15, 0.2) is 0 Å². The second kappa shape index (κ2) is 7.82. The lowest BCUT2D eigenvalue weighted by atomic mass is 10.0. The van der Waals surface area contributed by atoms with Gasteiger partial charge in [-0.2, -0.15) is 0 Å². The Morgan fingerprint density at radius 1 is 1.35 bits per heavy atom. The van der Waals surface area contributed by atoms with Gasteiger partial charge >= 0.3 is 6.09 Å². The number of carbonyl (C=O) groups excluding carboxylic acids is 1. The van der Waals surface area contributed by atoms with Crippen molar-refractivity contribution >= 4 is 6.09 Å². The molecule has 2 atom stereocenters. The summed E-state index contributed by atoms with van der Waals surface area (Å²) >= 11 is 0. The molecule has 128 valence electrons. The second-order valence-electron chi connectivity index (χ2n) is 7.46. The minimum Gasteiger partial charge on any atom is -0.444 e. The Morgan fingerprint density at radius 2 is 2.04 bits per heavy atom. The molecule has 1 aromatic carbocycles. The van der Waals surface area contributed by atoms with Crippen LogP contribution >= 0.6 is 0 Å². The summed E-state index contributed by atoms with van der Waals surface area (Å²) in [6.45, 7) is 10.5. The summed E-state index contributed by atoms with van der Waals surface area (Å²) in [5, 5.41) is 3.57. The first-order valence-corrected chi connectivity index (χ1v) is 8.61. The van der Waals surface area contributed by atoms with E-state index in [-0.39, 0.29) is 6.09 Å². The van der Waals surface area contributed by atoms with Crippen LogP contribution in [0.25, 0.3) is 0 Å². The van der Waals surface area contributed by atoms with Crippen LogP contribution in [-0.2, 0) is 4.74 Å². The maximum absolute atomic E-state index is 12.1. The van der Waals surface area contributed by atoms with E-state index in [0.717, 1.165) is 32.5 Å². The van der Waals surface area contributed by atoms with E-state index in [9.17, 15) is 4.79 Å². The molecule has 0 radical (unpaired) electrons. The Labute approximate surface area is 140 Å². The fourth-order valence-corrected chi connectivity index (χ4v) is 2.92. The van der Waals surface area contributed by atoms with Crippen LogP contribution in [0.3, 0.4) is 0 Å². The number of carbonyl (C=O) groups is 1. The molecular formula is C19H30N2O2. The average Bonchev–Trinajstić information content (AvgIpc) is 2.95. The Morgan fingerprint density at radius 3 is 2.70 bits per heavy atom. The largest absolute Gasteiger partial charge is 0.444 e. The van der Waals surface area contributed by atoms with Crippen molar-refractivity contribution in [2.45, 2.75) is 52.2 Å². The van der Waals surface area contributed by atoms with Gasteiger partial charge in [0, 0.05) is 19.1 Å². The van der Waals surface area contributed by atoms with Gasteiger partial charge in [-0.15, -0.1) is 0 Å². The smallest absolute Gasteiger partial charge is 0.410 e. The highest BCUT2D eigenvalue weighted by molar-refractivity contribution is 5.68. The van der Waals surface area contributed by atoms with Crippen molar-refractivity contribution in [3.63, 3.8) is 0 Å². The normalized spacial score (nSPS) is 19.7. The summed E-state index contributed by atoms with van der Waals surface area (Å²) < 4.78 is 5.44. The number of rotatable bonds is 5. The summed E-state index contributed by atoms with van der Waals surface area (Å²) in [6, 6.07) is 10.8. The number of amides is 1. The topological polar surface area (TPSA) is 41.6 Å². The highest BCUT2D eigenvalue weighted by Gasteiger charge is 2.29. The van der Waals surface area contributed by atoms with Crippen molar-refractivity contribution in [1.29, 1.82) is 0 Å². The minimum atomic E-state index is -0.415. The predicted octanol–water partition coefficient (Wildman–Crippen LogP) is 3.98. The first-order chi connectivity index (χ1) is 10.8. The zero-order valence-electron chi connectivity index (χ0n) is 14.8. The Hall–Kier alpha value is -1.55. The van der Waals surface area contributed by atoms with Crippen LogP contribution in [0.2, 0.25) is 0 Å². The Bertz CT molecular complexity index is 496. The van der Waals surface area contributed by atoms with E-state index >= 15 is 0 Å². The van der Waals surface area contributed by atoms with E-state index in [0.29, 0.717) is 12.0 Å². The Balaban J connectivity index is 1.69. The van der Waals surface area contributed by atoms with Gasteiger partial charge in [0.1, 0.15) is 5.60 Å². The second-order valence-corrected chi connectivity index (χ2v) is 7.46. The molecular weight excluding hydrogens is 288 g/mol. The van der Waals surface area contributed by atoms with E-state index in [1.165, 1.54) is 5.56 Å². The molecule has 0 saturated carbocycles. The molecule has 1 fully saturated rings. The number of likely N-dealkylation sites (tertiary alicyclic amines) is 1. The summed E-state index contributed by atoms with van der Waals surface area (Å²) in [7, 11) is 0. The quantitative estimate of drug-likeness (QED) is 0.892. The molecule has 0 spiro atoms. The van der Waals surface area contributed by atoms with Crippen LogP contribution in [0.4, 0.5) is 4.79 Å². The van der Waals surface area contributed by atoms with Crippen LogP contribution in [-0.4, -0.2) is 36.2 Å². The molecule has 1 aliphatic rings. The molecule has 2 rings (SSSR count).